The van der Waals surface area contributed by atoms with Gasteiger partial charge in [0.1, 0.15) is 5.82 Å². The maximum atomic E-state index is 14.7. The molecule has 2 unspecified atom stereocenters. The van der Waals surface area contributed by atoms with Crippen LogP contribution in [0.25, 0.3) is 0 Å². The minimum Gasteiger partial charge on any atom is -0.481 e. The van der Waals surface area contributed by atoms with Gasteiger partial charge in [-0.1, -0.05) is 38.4 Å². The Morgan fingerprint density at radius 3 is 2.35 bits per heavy atom. The van der Waals surface area contributed by atoms with Gasteiger partial charge >= 0.3 is 5.97 Å². The molecule has 0 radical (unpaired) electrons. The monoisotopic (exact) mass is 577 g/mol. The van der Waals surface area contributed by atoms with Crippen LogP contribution in [0.1, 0.15) is 77.7 Å². The number of aliphatic carboxylic acids is 1. The molecule has 0 aliphatic heterocycles. The lowest BCUT2D eigenvalue weighted by Crippen LogP contribution is -2.46. The summed E-state index contributed by atoms with van der Waals surface area (Å²) in [6.07, 6.45) is 5.05. The zero-order valence-electron chi connectivity index (χ0n) is 24.6. The van der Waals surface area contributed by atoms with E-state index in [0.717, 1.165) is 49.2 Å². The Balaban J connectivity index is 2.06. The van der Waals surface area contributed by atoms with E-state index in [-0.39, 0.29) is 24.1 Å². The van der Waals surface area contributed by atoms with Crippen LogP contribution in [0.2, 0.25) is 5.02 Å². The van der Waals surface area contributed by atoms with Crippen molar-refractivity contribution in [2.24, 2.45) is 5.92 Å². The van der Waals surface area contributed by atoms with Gasteiger partial charge in [-0.05, 0) is 79.8 Å². The number of halogens is 2. The van der Waals surface area contributed by atoms with E-state index >= 15 is 0 Å². The lowest BCUT2D eigenvalue weighted by molar-refractivity contribution is -0.137. The van der Waals surface area contributed by atoms with E-state index in [1.807, 2.05) is 19.1 Å². The van der Waals surface area contributed by atoms with Crippen LogP contribution in [0.5, 0.6) is 0 Å². The molecule has 1 saturated carbocycles. The number of nitrogens with zero attached hydrogens (tertiary/aromatic N) is 1. The number of hydrogen-bond donors (Lipinski definition) is 3. The van der Waals surface area contributed by atoms with Crippen molar-refractivity contribution in [1.29, 1.82) is 0 Å². The Morgan fingerprint density at radius 1 is 1.12 bits per heavy atom. The van der Waals surface area contributed by atoms with Crippen LogP contribution in [0, 0.1) is 11.7 Å². The number of anilines is 3. The molecule has 40 heavy (non-hydrogen) atoms. The van der Waals surface area contributed by atoms with Gasteiger partial charge in [0.2, 0.25) is 5.85 Å². The summed E-state index contributed by atoms with van der Waals surface area (Å²) >= 11 is 5.97. The van der Waals surface area contributed by atoms with E-state index < -0.39 is 17.6 Å². The van der Waals surface area contributed by atoms with E-state index in [1.54, 1.807) is 33.3 Å². The van der Waals surface area contributed by atoms with Gasteiger partial charge in [-0.25, -0.2) is 4.39 Å². The molecule has 2 aromatic carbocycles. The summed E-state index contributed by atoms with van der Waals surface area (Å²) in [4.78, 5) is 14.1. The third-order valence-electron chi connectivity index (χ3n) is 7.78. The van der Waals surface area contributed by atoms with E-state index in [2.05, 4.69) is 35.4 Å². The third kappa shape index (κ3) is 8.48. The molecule has 3 N–H and O–H groups in total. The first kappa shape index (κ1) is 32.0. The lowest BCUT2D eigenvalue weighted by Gasteiger charge is -2.41. The first-order chi connectivity index (χ1) is 19.0. The Labute approximate surface area is 243 Å². The fraction of sp³-hybridized carbons (Fsp3) is 0.581. The maximum Gasteiger partial charge on any atom is 0.303 e. The summed E-state index contributed by atoms with van der Waals surface area (Å²) < 4.78 is 26.2. The van der Waals surface area contributed by atoms with Gasteiger partial charge in [0.05, 0.1) is 29.6 Å². The molecule has 1 fully saturated rings. The summed E-state index contributed by atoms with van der Waals surface area (Å²) in [5.74, 6) is -2.23. The van der Waals surface area contributed by atoms with Crippen molar-refractivity contribution >= 4 is 34.6 Å². The molecule has 2 atom stereocenters. The summed E-state index contributed by atoms with van der Waals surface area (Å²) in [7, 11) is 3.33. The minimum atomic E-state index is -1.19. The van der Waals surface area contributed by atoms with Gasteiger partial charge in [0, 0.05) is 38.8 Å². The number of hydrogen-bond acceptors (Lipinski definition) is 6. The molecule has 0 bridgehead atoms. The fourth-order valence-electron chi connectivity index (χ4n) is 5.54. The van der Waals surface area contributed by atoms with Gasteiger partial charge < -0.3 is 30.1 Å². The smallest absolute Gasteiger partial charge is 0.303 e. The maximum absolute atomic E-state index is 14.7. The van der Waals surface area contributed by atoms with Crippen molar-refractivity contribution in [3.63, 3.8) is 0 Å². The van der Waals surface area contributed by atoms with Crippen LogP contribution in [-0.2, 0) is 14.3 Å². The van der Waals surface area contributed by atoms with Crippen molar-refractivity contribution in [2.45, 2.75) is 90.1 Å². The van der Waals surface area contributed by atoms with Gasteiger partial charge in [-0.3, -0.25) is 4.79 Å². The predicted octanol–water partition coefficient (Wildman–Crippen LogP) is 7.71. The molecule has 0 aromatic heterocycles. The number of carboxylic acids is 1. The highest BCUT2D eigenvalue weighted by molar-refractivity contribution is 6.30. The fourth-order valence-corrected chi connectivity index (χ4v) is 5.69. The molecule has 9 heteroatoms. The minimum absolute atomic E-state index is 0.0435. The highest BCUT2D eigenvalue weighted by Crippen LogP contribution is 2.38. The zero-order chi connectivity index (χ0) is 29.4. The average molecular weight is 578 g/mol. The first-order valence-corrected chi connectivity index (χ1v) is 14.6. The number of carbonyl (C=O) groups is 1. The second-order valence-electron chi connectivity index (χ2n) is 11.3. The molecule has 1 aliphatic carbocycles. The average Bonchev–Trinajstić information content (AvgIpc) is 2.92. The highest BCUT2D eigenvalue weighted by atomic mass is 35.5. The van der Waals surface area contributed by atoms with Crippen LogP contribution < -0.4 is 15.5 Å². The highest BCUT2D eigenvalue weighted by Gasteiger charge is 2.31. The number of ether oxygens (including phenoxy) is 2. The normalized spacial score (nSPS) is 19.6. The molecule has 1 aliphatic rings. The molecule has 0 spiro atoms. The summed E-state index contributed by atoms with van der Waals surface area (Å²) in [5, 5.41) is 16.5. The molecule has 3 rings (SSSR count). The van der Waals surface area contributed by atoms with Crippen molar-refractivity contribution in [3.8, 4) is 0 Å². The number of benzene rings is 2. The topological polar surface area (TPSA) is 83.1 Å². The zero-order valence-corrected chi connectivity index (χ0v) is 25.4. The molecular formula is C31H45ClFN3O4. The van der Waals surface area contributed by atoms with Crippen LogP contribution in [0.15, 0.2) is 36.4 Å². The lowest BCUT2D eigenvalue weighted by atomic mass is 9.89. The molecule has 2 aromatic rings. The van der Waals surface area contributed by atoms with Crippen molar-refractivity contribution in [1.82, 2.24) is 0 Å². The number of carboxylic acid groups (broad SMARTS) is 1. The Kier molecular flexibility index (Phi) is 11.5. The Hall–Kier alpha value is -2.55. The standard InChI is InChI=1S/C31H45ClFN3O4/c1-7-21(17-30(37)38)22-8-15-29(36(19-20(2)3)24-10-12-25(39-5)13-11-24)28(16-22)35-31(4,40-6)34-27-14-9-23(32)18-26(27)33/h8-9,14-16,18,20-21,24-25,34-35H,7,10-13,17,19H2,1-6H3,(H,37,38). The van der Waals surface area contributed by atoms with Crippen LogP contribution >= 0.6 is 11.6 Å². The van der Waals surface area contributed by atoms with E-state index in [9.17, 15) is 14.3 Å². The van der Waals surface area contributed by atoms with Crippen LogP contribution in [0.4, 0.5) is 21.5 Å². The quantitative estimate of drug-likeness (QED) is 0.198. The molecule has 0 heterocycles. The molecule has 222 valence electrons. The van der Waals surface area contributed by atoms with Crippen molar-refractivity contribution in [2.75, 3.05) is 36.3 Å². The van der Waals surface area contributed by atoms with E-state index in [0.29, 0.717) is 23.4 Å². The van der Waals surface area contributed by atoms with Crippen molar-refractivity contribution in [3.05, 3.63) is 52.8 Å². The van der Waals surface area contributed by atoms with Gasteiger partial charge in [0.15, 0.2) is 0 Å². The number of nitrogens with one attached hydrogen (secondary N) is 2. The molecular weight excluding hydrogens is 533 g/mol. The van der Waals surface area contributed by atoms with Gasteiger partial charge in [-0.15, -0.1) is 0 Å². The van der Waals surface area contributed by atoms with Crippen molar-refractivity contribution < 1.29 is 23.8 Å². The Morgan fingerprint density at radius 2 is 1.80 bits per heavy atom. The van der Waals surface area contributed by atoms with Crippen LogP contribution in [-0.4, -0.2) is 49.8 Å². The largest absolute Gasteiger partial charge is 0.481 e. The van der Waals surface area contributed by atoms with E-state index in [1.165, 1.54) is 6.07 Å². The summed E-state index contributed by atoms with van der Waals surface area (Å²) in [6, 6.07) is 10.9. The van der Waals surface area contributed by atoms with Gasteiger partial charge in [-0.2, -0.15) is 0 Å². The predicted molar refractivity (Wildman–Crippen MR) is 161 cm³/mol. The summed E-state index contributed by atoms with van der Waals surface area (Å²) in [5.41, 5.74) is 2.97. The van der Waals surface area contributed by atoms with Crippen LogP contribution in [0.3, 0.4) is 0 Å². The summed E-state index contributed by atoms with van der Waals surface area (Å²) in [6.45, 7) is 9.06. The van der Waals surface area contributed by atoms with E-state index in [4.69, 9.17) is 21.1 Å². The van der Waals surface area contributed by atoms with Gasteiger partial charge in [0.25, 0.3) is 0 Å². The third-order valence-corrected chi connectivity index (χ3v) is 8.02. The molecule has 0 amide bonds. The second kappa shape index (κ2) is 14.4. The molecule has 7 nitrogen and oxygen atoms in total. The Bertz CT molecular complexity index is 1130. The first-order valence-electron chi connectivity index (χ1n) is 14.2. The SMILES string of the molecule is CCC(CC(=O)O)c1ccc(N(CC(C)C)C2CCC(OC)CC2)c(NC(C)(Nc2ccc(Cl)cc2F)OC)c1. The number of methoxy groups -OCH3 is 2. The number of rotatable bonds is 14. The molecule has 0 saturated heterocycles. The second-order valence-corrected chi connectivity index (χ2v) is 11.7.